The molecule has 6 heteroatoms. The molecule has 3 amide bonds. The van der Waals surface area contributed by atoms with Crippen LogP contribution in [-0.4, -0.2) is 42.0 Å². The van der Waals surface area contributed by atoms with Crippen LogP contribution in [0.4, 0.5) is 4.79 Å². The highest BCUT2D eigenvalue weighted by Crippen LogP contribution is 2.22. The van der Waals surface area contributed by atoms with E-state index in [4.69, 9.17) is 11.5 Å². The molecule has 0 aliphatic rings. The largest absolute Gasteiger partial charge is 0.351 e. The average molecular weight is 258 g/mol. The Kier molecular flexibility index (Phi) is 7.54. The third-order valence-electron chi connectivity index (χ3n) is 3.46. The van der Waals surface area contributed by atoms with Gasteiger partial charge in [0.15, 0.2) is 0 Å². The van der Waals surface area contributed by atoms with Crippen LogP contribution in [0.25, 0.3) is 0 Å². The molecule has 6 nitrogen and oxygen atoms in total. The molecule has 0 fully saturated rings. The first-order valence-corrected chi connectivity index (χ1v) is 6.50. The minimum absolute atomic E-state index is 0.148. The predicted octanol–water partition coefficient (Wildman–Crippen LogP) is 0.411. The number of amides is 3. The van der Waals surface area contributed by atoms with Crippen LogP contribution in [0, 0.1) is 0 Å². The van der Waals surface area contributed by atoms with Crippen molar-refractivity contribution in [1.82, 2.24) is 10.2 Å². The molecule has 0 radical (unpaired) electrons. The molecule has 0 unspecified atom stereocenters. The van der Waals surface area contributed by atoms with Gasteiger partial charge >= 0.3 is 6.03 Å². The second-order valence-corrected chi connectivity index (χ2v) is 4.47. The Bertz CT molecular complexity index is 269. The second-order valence-electron chi connectivity index (χ2n) is 4.47. The number of hydrogen-bond donors (Lipinski definition) is 3. The topological polar surface area (TPSA) is 101 Å². The van der Waals surface area contributed by atoms with Crippen LogP contribution in [-0.2, 0) is 4.79 Å². The van der Waals surface area contributed by atoms with Gasteiger partial charge in [0.2, 0.25) is 5.91 Å². The molecule has 0 aliphatic heterocycles. The van der Waals surface area contributed by atoms with Crippen LogP contribution in [0.3, 0.4) is 0 Å². The van der Waals surface area contributed by atoms with Crippen molar-refractivity contribution < 1.29 is 9.59 Å². The maximum absolute atomic E-state index is 11.6. The SMILES string of the molecule is CCCN(CC(=O)NC(N)=O)C(CC)(CC)CN. The average Bonchev–Trinajstić information content (AvgIpc) is 2.31. The number of imide groups is 1. The van der Waals surface area contributed by atoms with Gasteiger partial charge in [-0.25, -0.2) is 4.79 Å². The number of urea groups is 1. The van der Waals surface area contributed by atoms with Crippen molar-refractivity contribution in [3.63, 3.8) is 0 Å². The summed E-state index contributed by atoms with van der Waals surface area (Å²) in [5, 5.41) is 2.09. The van der Waals surface area contributed by atoms with Gasteiger partial charge in [0.25, 0.3) is 0 Å². The van der Waals surface area contributed by atoms with Gasteiger partial charge in [0, 0.05) is 12.1 Å². The summed E-state index contributed by atoms with van der Waals surface area (Å²) in [6, 6.07) is -0.817. The molecule has 0 aromatic rings. The van der Waals surface area contributed by atoms with Gasteiger partial charge in [0.1, 0.15) is 0 Å². The lowest BCUT2D eigenvalue weighted by Gasteiger charge is -2.42. The van der Waals surface area contributed by atoms with Crippen molar-refractivity contribution >= 4 is 11.9 Å². The first-order valence-electron chi connectivity index (χ1n) is 6.50. The van der Waals surface area contributed by atoms with Gasteiger partial charge < -0.3 is 11.5 Å². The summed E-state index contributed by atoms with van der Waals surface area (Å²) >= 11 is 0. The summed E-state index contributed by atoms with van der Waals surface area (Å²) < 4.78 is 0. The fourth-order valence-corrected chi connectivity index (χ4v) is 2.22. The number of nitrogens with two attached hydrogens (primary N) is 2. The van der Waals surface area contributed by atoms with Gasteiger partial charge in [0.05, 0.1) is 6.54 Å². The maximum Gasteiger partial charge on any atom is 0.318 e. The summed E-state index contributed by atoms with van der Waals surface area (Å²) in [7, 11) is 0. The highest BCUT2D eigenvalue weighted by Gasteiger charge is 2.32. The third kappa shape index (κ3) is 4.62. The zero-order valence-electron chi connectivity index (χ0n) is 11.7. The van der Waals surface area contributed by atoms with Crippen molar-refractivity contribution in [2.75, 3.05) is 19.6 Å². The summed E-state index contributed by atoms with van der Waals surface area (Å²) in [6.45, 7) is 7.58. The number of nitrogens with one attached hydrogen (secondary N) is 1. The van der Waals surface area contributed by atoms with Crippen molar-refractivity contribution in [2.24, 2.45) is 11.5 Å². The molecule has 0 aliphatic carbocycles. The van der Waals surface area contributed by atoms with Crippen molar-refractivity contribution in [3.8, 4) is 0 Å². The monoisotopic (exact) mass is 258 g/mol. The van der Waals surface area contributed by atoms with Crippen LogP contribution >= 0.6 is 0 Å². The lowest BCUT2D eigenvalue weighted by molar-refractivity contribution is -0.122. The highest BCUT2D eigenvalue weighted by molar-refractivity contribution is 5.94. The van der Waals surface area contributed by atoms with Crippen molar-refractivity contribution in [3.05, 3.63) is 0 Å². The molecule has 0 spiro atoms. The van der Waals surface area contributed by atoms with Gasteiger partial charge in [-0.1, -0.05) is 20.8 Å². The van der Waals surface area contributed by atoms with Crippen molar-refractivity contribution in [2.45, 2.75) is 45.6 Å². The minimum Gasteiger partial charge on any atom is -0.351 e. The Balaban J connectivity index is 4.82. The van der Waals surface area contributed by atoms with E-state index in [2.05, 4.69) is 19.2 Å². The summed E-state index contributed by atoms with van der Waals surface area (Å²) in [6.07, 6.45) is 2.65. The Morgan fingerprint density at radius 1 is 1.22 bits per heavy atom. The smallest absolute Gasteiger partial charge is 0.318 e. The van der Waals surface area contributed by atoms with Crippen LogP contribution in [0.1, 0.15) is 40.0 Å². The quantitative estimate of drug-likeness (QED) is 0.587. The summed E-state index contributed by atoms with van der Waals surface area (Å²) in [5.41, 5.74) is 10.6. The first kappa shape index (κ1) is 16.9. The molecule has 0 atom stereocenters. The molecule has 0 heterocycles. The zero-order valence-corrected chi connectivity index (χ0v) is 11.7. The fourth-order valence-electron chi connectivity index (χ4n) is 2.22. The Morgan fingerprint density at radius 3 is 2.11 bits per heavy atom. The number of carbonyl (C=O) groups excluding carboxylic acids is 2. The van der Waals surface area contributed by atoms with Gasteiger partial charge in [-0.05, 0) is 25.8 Å². The van der Waals surface area contributed by atoms with Gasteiger partial charge in [-0.3, -0.25) is 15.0 Å². The molecule has 5 N–H and O–H groups in total. The summed E-state index contributed by atoms with van der Waals surface area (Å²) in [5.74, 6) is -0.379. The predicted molar refractivity (Wildman–Crippen MR) is 72.0 cm³/mol. The van der Waals surface area contributed by atoms with E-state index in [0.29, 0.717) is 6.54 Å². The van der Waals surface area contributed by atoms with Crippen LogP contribution in [0.5, 0.6) is 0 Å². The Labute approximate surface area is 109 Å². The number of primary amides is 1. The number of rotatable bonds is 8. The fraction of sp³-hybridized carbons (Fsp3) is 0.833. The van der Waals surface area contributed by atoms with Gasteiger partial charge in [-0.15, -0.1) is 0 Å². The normalized spacial score (nSPS) is 11.6. The van der Waals surface area contributed by atoms with Crippen LogP contribution in [0.15, 0.2) is 0 Å². The second kappa shape index (κ2) is 8.05. The molecule has 0 saturated carbocycles. The molecule has 18 heavy (non-hydrogen) atoms. The third-order valence-corrected chi connectivity index (χ3v) is 3.46. The standard InChI is InChI=1S/C12H26N4O2/c1-4-7-16(8-10(17)15-11(14)18)12(5-2,6-3)9-13/h4-9,13H2,1-3H3,(H3,14,15,17,18). The lowest BCUT2D eigenvalue weighted by atomic mass is 9.90. The van der Waals surface area contributed by atoms with E-state index in [1.54, 1.807) is 0 Å². The Hall–Kier alpha value is -1.14. The molecular formula is C12H26N4O2. The van der Waals surface area contributed by atoms with E-state index in [9.17, 15) is 9.59 Å². The van der Waals surface area contributed by atoms with E-state index < -0.39 is 6.03 Å². The van der Waals surface area contributed by atoms with Crippen LogP contribution in [0.2, 0.25) is 0 Å². The number of hydrogen-bond acceptors (Lipinski definition) is 4. The maximum atomic E-state index is 11.6. The Morgan fingerprint density at radius 2 is 1.78 bits per heavy atom. The molecule has 0 saturated heterocycles. The number of nitrogens with zero attached hydrogens (tertiary/aromatic N) is 1. The van der Waals surface area contributed by atoms with Crippen molar-refractivity contribution in [1.29, 1.82) is 0 Å². The van der Waals surface area contributed by atoms with E-state index in [0.717, 1.165) is 25.8 Å². The molecule has 0 aromatic heterocycles. The molecule has 106 valence electrons. The molecule has 0 bridgehead atoms. The van der Waals surface area contributed by atoms with Crippen LogP contribution < -0.4 is 16.8 Å². The molecular weight excluding hydrogens is 232 g/mol. The minimum atomic E-state index is -0.817. The first-order chi connectivity index (χ1) is 8.45. The van der Waals surface area contributed by atoms with E-state index in [1.807, 2.05) is 11.8 Å². The van der Waals surface area contributed by atoms with E-state index in [-0.39, 0.29) is 18.0 Å². The van der Waals surface area contributed by atoms with E-state index in [1.165, 1.54) is 0 Å². The number of carbonyl (C=O) groups is 2. The molecule has 0 aromatic carbocycles. The lowest BCUT2D eigenvalue weighted by Crippen LogP contribution is -2.56. The van der Waals surface area contributed by atoms with Gasteiger partial charge in [-0.2, -0.15) is 0 Å². The molecule has 0 rings (SSSR count). The zero-order chi connectivity index (χ0) is 14.2. The summed E-state index contributed by atoms with van der Waals surface area (Å²) in [4.78, 5) is 24.3. The van der Waals surface area contributed by atoms with E-state index >= 15 is 0 Å². The highest BCUT2D eigenvalue weighted by atomic mass is 16.2.